The molecule has 0 aliphatic rings. The number of anilines is 2. The van der Waals surface area contributed by atoms with Crippen LogP contribution in [0, 0.1) is 13.8 Å². The van der Waals surface area contributed by atoms with Crippen LogP contribution in [0.2, 0.25) is 5.02 Å². The second-order valence-electron chi connectivity index (χ2n) is 6.34. The van der Waals surface area contributed by atoms with Crippen LogP contribution in [0.25, 0.3) is 11.0 Å². The van der Waals surface area contributed by atoms with E-state index in [4.69, 9.17) is 11.6 Å². The molecule has 4 nitrogen and oxygen atoms in total. The van der Waals surface area contributed by atoms with E-state index in [-0.39, 0.29) is 0 Å². The summed E-state index contributed by atoms with van der Waals surface area (Å²) in [6, 6.07) is 18.1. The quantitative estimate of drug-likeness (QED) is 0.521. The number of benzene rings is 2. The Morgan fingerprint density at radius 2 is 1.81 bits per heavy atom. The van der Waals surface area contributed by atoms with E-state index in [1.807, 2.05) is 30.3 Å². The average molecular weight is 363 g/mol. The number of hydrogen-bond donors (Lipinski definition) is 1. The van der Waals surface area contributed by atoms with E-state index in [1.54, 1.807) is 6.33 Å². The molecule has 1 N–H and O–H groups in total. The molecule has 130 valence electrons. The molecule has 0 radical (unpaired) electrons. The first-order valence-corrected chi connectivity index (χ1v) is 8.88. The van der Waals surface area contributed by atoms with E-state index in [1.165, 1.54) is 16.8 Å². The predicted molar refractivity (Wildman–Crippen MR) is 107 cm³/mol. The predicted octanol–water partition coefficient (Wildman–Crippen LogP) is 5.49. The first-order chi connectivity index (χ1) is 12.6. The minimum absolute atomic E-state index is 0.690. The normalized spacial score (nSPS) is 11.0. The Hall–Kier alpha value is -2.85. The van der Waals surface area contributed by atoms with Gasteiger partial charge in [0.05, 0.1) is 5.39 Å². The lowest BCUT2D eigenvalue weighted by Crippen LogP contribution is -2.03. The smallest absolute Gasteiger partial charge is 0.146 e. The van der Waals surface area contributed by atoms with E-state index >= 15 is 0 Å². The molecule has 0 amide bonds. The minimum Gasteiger partial charge on any atom is -0.340 e. The average Bonchev–Trinajstić information content (AvgIpc) is 2.88. The molecule has 0 unspecified atom stereocenters. The minimum atomic E-state index is 0.690. The molecule has 26 heavy (non-hydrogen) atoms. The lowest BCUT2D eigenvalue weighted by molar-refractivity contribution is 0.790. The van der Waals surface area contributed by atoms with Crippen molar-refractivity contribution < 1.29 is 0 Å². The highest BCUT2D eigenvalue weighted by Gasteiger charge is 2.16. The molecule has 0 aliphatic heterocycles. The van der Waals surface area contributed by atoms with E-state index in [2.05, 4.69) is 58.0 Å². The summed E-state index contributed by atoms with van der Waals surface area (Å²) in [6.07, 6.45) is 1.61. The summed E-state index contributed by atoms with van der Waals surface area (Å²) in [5.74, 6) is 0.796. The van der Waals surface area contributed by atoms with Crippen molar-refractivity contribution >= 4 is 34.1 Å². The topological polar surface area (TPSA) is 42.7 Å². The van der Waals surface area contributed by atoms with Gasteiger partial charge < -0.3 is 9.88 Å². The number of aromatic nitrogens is 3. The number of hydrogen-bond acceptors (Lipinski definition) is 3. The van der Waals surface area contributed by atoms with Crippen LogP contribution in [0.15, 0.2) is 60.9 Å². The van der Waals surface area contributed by atoms with Gasteiger partial charge in [-0.15, -0.1) is 0 Å². The molecule has 4 rings (SSSR count). The molecule has 0 spiro atoms. The van der Waals surface area contributed by atoms with E-state index in [0.29, 0.717) is 5.02 Å². The van der Waals surface area contributed by atoms with E-state index in [9.17, 15) is 0 Å². The summed E-state index contributed by atoms with van der Waals surface area (Å²) in [4.78, 5) is 9.04. The molecule has 4 aromatic rings. The third-order valence-electron chi connectivity index (χ3n) is 4.68. The van der Waals surface area contributed by atoms with Gasteiger partial charge in [-0.3, -0.25) is 0 Å². The summed E-state index contributed by atoms with van der Waals surface area (Å²) in [7, 11) is 0. The van der Waals surface area contributed by atoms with Crippen molar-refractivity contribution in [3.8, 4) is 0 Å². The van der Waals surface area contributed by atoms with Gasteiger partial charge in [-0.25, -0.2) is 9.97 Å². The summed E-state index contributed by atoms with van der Waals surface area (Å²) in [5, 5.41) is 5.12. The SMILES string of the molecule is Cc1c(C)n(Cc2ccccc2)c2ncnc(Nc3cccc(Cl)c3)c12. The van der Waals surface area contributed by atoms with Crippen molar-refractivity contribution in [2.75, 3.05) is 5.32 Å². The highest BCUT2D eigenvalue weighted by Crippen LogP contribution is 2.31. The van der Waals surface area contributed by atoms with Crippen LogP contribution in [0.3, 0.4) is 0 Å². The zero-order valence-corrected chi connectivity index (χ0v) is 15.5. The Bertz CT molecular complexity index is 1070. The van der Waals surface area contributed by atoms with Crippen molar-refractivity contribution in [3.63, 3.8) is 0 Å². The molecule has 0 aliphatic carbocycles. The lowest BCUT2D eigenvalue weighted by Gasteiger charge is -2.09. The van der Waals surface area contributed by atoms with Gasteiger partial charge in [-0.1, -0.05) is 48.0 Å². The van der Waals surface area contributed by atoms with Gasteiger partial charge >= 0.3 is 0 Å². The van der Waals surface area contributed by atoms with Crippen molar-refractivity contribution in [2.45, 2.75) is 20.4 Å². The maximum absolute atomic E-state index is 6.10. The largest absolute Gasteiger partial charge is 0.340 e. The third kappa shape index (κ3) is 3.04. The molecule has 2 aromatic heterocycles. The van der Waals surface area contributed by atoms with Crippen molar-refractivity contribution in [3.05, 3.63) is 82.8 Å². The number of aryl methyl sites for hydroxylation is 1. The summed E-state index contributed by atoms with van der Waals surface area (Å²) >= 11 is 6.10. The highest BCUT2D eigenvalue weighted by molar-refractivity contribution is 6.30. The maximum Gasteiger partial charge on any atom is 0.146 e. The fraction of sp³-hybridized carbons (Fsp3) is 0.143. The van der Waals surface area contributed by atoms with Gasteiger partial charge in [-0.2, -0.15) is 0 Å². The van der Waals surface area contributed by atoms with Gasteiger partial charge in [0.1, 0.15) is 17.8 Å². The van der Waals surface area contributed by atoms with Crippen molar-refractivity contribution in [1.82, 2.24) is 14.5 Å². The Balaban J connectivity index is 1.80. The molecule has 0 saturated carbocycles. The van der Waals surface area contributed by atoms with Crippen molar-refractivity contribution in [1.29, 1.82) is 0 Å². The fourth-order valence-electron chi connectivity index (χ4n) is 3.23. The number of nitrogens with one attached hydrogen (secondary N) is 1. The fourth-order valence-corrected chi connectivity index (χ4v) is 3.42. The van der Waals surface area contributed by atoms with Gasteiger partial charge in [0, 0.05) is 22.9 Å². The third-order valence-corrected chi connectivity index (χ3v) is 4.91. The second kappa shape index (κ2) is 6.81. The molecule has 0 bridgehead atoms. The molecular formula is C21H19ClN4. The molecule has 5 heteroatoms. The Morgan fingerprint density at radius 1 is 1.00 bits per heavy atom. The van der Waals surface area contributed by atoms with Crippen molar-refractivity contribution in [2.24, 2.45) is 0 Å². The molecule has 0 atom stereocenters. The molecule has 2 heterocycles. The molecule has 0 fully saturated rings. The van der Waals surface area contributed by atoms with Gasteiger partial charge in [0.25, 0.3) is 0 Å². The zero-order valence-electron chi connectivity index (χ0n) is 14.7. The van der Waals surface area contributed by atoms with Crippen LogP contribution >= 0.6 is 11.6 Å². The van der Waals surface area contributed by atoms with Crippen LogP contribution in [-0.2, 0) is 6.54 Å². The number of halogens is 1. The van der Waals surface area contributed by atoms with Gasteiger partial charge in [0.2, 0.25) is 0 Å². The summed E-state index contributed by atoms with van der Waals surface area (Å²) in [6.45, 7) is 5.03. The Labute approximate surface area is 157 Å². The zero-order chi connectivity index (χ0) is 18.1. The van der Waals surface area contributed by atoms with E-state index < -0.39 is 0 Å². The first kappa shape index (κ1) is 16.6. The second-order valence-corrected chi connectivity index (χ2v) is 6.77. The summed E-state index contributed by atoms with van der Waals surface area (Å²) < 4.78 is 2.24. The highest BCUT2D eigenvalue weighted by atomic mass is 35.5. The molecular weight excluding hydrogens is 344 g/mol. The number of nitrogens with zero attached hydrogens (tertiary/aromatic N) is 3. The first-order valence-electron chi connectivity index (χ1n) is 8.50. The van der Waals surface area contributed by atoms with E-state index in [0.717, 1.165) is 29.1 Å². The Morgan fingerprint density at radius 3 is 2.58 bits per heavy atom. The van der Waals surface area contributed by atoms with Gasteiger partial charge in [0.15, 0.2) is 0 Å². The summed E-state index contributed by atoms with van der Waals surface area (Å²) in [5.41, 5.74) is 5.46. The molecule has 2 aromatic carbocycles. The molecule has 0 saturated heterocycles. The van der Waals surface area contributed by atoms with Gasteiger partial charge in [-0.05, 0) is 43.2 Å². The van der Waals surface area contributed by atoms with Crippen LogP contribution in [0.4, 0.5) is 11.5 Å². The lowest BCUT2D eigenvalue weighted by atomic mass is 10.2. The monoisotopic (exact) mass is 362 g/mol. The number of rotatable bonds is 4. The maximum atomic E-state index is 6.10. The number of fused-ring (bicyclic) bond motifs is 1. The van der Waals surface area contributed by atoms with Crippen LogP contribution < -0.4 is 5.32 Å². The van der Waals surface area contributed by atoms with Crippen LogP contribution in [0.5, 0.6) is 0 Å². The Kier molecular flexibility index (Phi) is 4.35. The van der Waals surface area contributed by atoms with Crippen LogP contribution in [-0.4, -0.2) is 14.5 Å². The standard InChI is InChI=1S/C21H19ClN4/c1-14-15(2)26(12-16-7-4-3-5-8-16)21-19(14)20(23-13-24-21)25-18-10-6-9-17(22)11-18/h3-11,13H,12H2,1-2H3,(H,23,24,25). The van der Waals surface area contributed by atoms with Crippen LogP contribution in [0.1, 0.15) is 16.8 Å².